The second-order valence-electron chi connectivity index (χ2n) is 6.23. The van der Waals surface area contributed by atoms with Gasteiger partial charge in [0.2, 0.25) is 0 Å². The molecule has 2 aromatic carbocycles. The summed E-state index contributed by atoms with van der Waals surface area (Å²) in [5.74, 6) is 0. The first-order chi connectivity index (χ1) is 11.7. The van der Waals surface area contributed by atoms with E-state index in [4.69, 9.17) is 0 Å². The minimum Gasteiger partial charge on any atom is -0.355 e. The Morgan fingerprint density at radius 1 is 0.958 bits per heavy atom. The van der Waals surface area contributed by atoms with Crippen molar-refractivity contribution in [2.45, 2.75) is 45.6 Å². The van der Waals surface area contributed by atoms with Gasteiger partial charge in [0.15, 0.2) is 0 Å². The molecule has 3 rings (SSSR count). The maximum Gasteiger partial charge on any atom is 0.319 e. The van der Waals surface area contributed by atoms with Crippen LogP contribution in [0.5, 0.6) is 0 Å². The van der Waals surface area contributed by atoms with Crippen LogP contribution in [0.2, 0.25) is 0 Å². The average molecular weight is 323 g/mol. The summed E-state index contributed by atoms with van der Waals surface area (Å²) in [6, 6.07) is 14.5. The zero-order valence-corrected chi connectivity index (χ0v) is 14.4. The highest BCUT2D eigenvalue weighted by molar-refractivity contribution is 5.89. The minimum atomic E-state index is -0.122. The SMILES string of the molecule is CCc1cccc(CC)c1Nc1ccc(NC(=O)NC2CC2)cc1. The van der Waals surface area contributed by atoms with Crippen LogP contribution in [0.15, 0.2) is 42.5 Å². The number of rotatable bonds is 6. The number of carbonyl (C=O) groups is 1. The Balaban J connectivity index is 1.69. The topological polar surface area (TPSA) is 53.2 Å². The Hall–Kier alpha value is -2.49. The molecule has 0 bridgehead atoms. The molecule has 0 atom stereocenters. The van der Waals surface area contributed by atoms with E-state index >= 15 is 0 Å². The van der Waals surface area contributed by atoms with Crippen LogP contribution in [0, 0.1) is 0 Å². The number of hydrogen-bond donors (Lipinski definition) is 3. The maximum absolute atomic E-state index is 11.8. The number of amides is 2. The maximum atomic E-state index is 11.8. The molecule has 3 N–H and O–H groups in total. The van der Waals surface area contributed by atoms with Gasteiger partial charge < -0.3 is 16.0 Å². The van der Waals surface area contributed by atoms with Crippen molar-refractivity contribution in [1.82, 2.24) is 5.32 Å². The molecule has 1 aliphatic carbocycles. The lowest BCUT2D eigenvalue weighted by Crippen LogP contribution is -2.30. The molecular formula is C20H25N3O. The Labute approximate surface area is 143 Å². The molecule has 0 radical (unpaired) electrons. The fourth-order valence-electron chi connectivity index (χ4n) is 2.76. The minimum absolute atomic E-state index is 0.122. The quantitative estimate of drug-likeness (QED) is 0.712. The van der Waals surface area contributed by atoms with Crippen LogP contribution in [0.1, 0.15) is 37.8 Å². The molecular weight excluding hydrogens is 298 g/mol. The summed E-state index contributed by atoms with van der Waals surface area (Å²) in [5, 5.41) is 9.33. The molecule has 0 aliphatic heterocycles. The molecule has 1 fully saturated rings. The lowest BCUT2D eigenvalue weighted by Gasteiger charge is -2.16. The molecule has 0 spiro atoms. The molecule has 2 aromatic rings. The predicted octanol–water partition coefficient (Wildman–Crippen LogP) is 4.84. The third-order valence-electron chi connectivity index (χ3n) is 4.32. The van der Waals surface area contributed by atoms with Crippen LogP contribution in [0.4, 0.5) is 21.9 Å². The molecule has 1 aliphatic rings. The summed E-state index contributed by atoms with van der Waals surface area (Å²) < 4.78 is 0. The van der Waals surface area contributed by atoms with Crippen LogP contribution in [-0.2, 0) is 12.8 Å². The second-order valence-corrected chi connectivity index (χ2v) is 6.23. The predicted molar refractivity (Wildman–Crippen MR) is 100 cm³/mol. The third kappa shape index (κ3) is 4.07. The highest BCUT2D eigenvalue weighted by atomic mass is 16.2. The van der Waals surface area contributed by atoms with Crippen LogP contribution >= 0.6 is 0 Å². The van der Waals surface area contributed by atoms with Gasteiger partial charge in [-0.2, -0.15) is 0 Å². The van der Waals surface area contributed by atoms with Crippen LogP contribution in [0.25, 0.3) is 0 Å². The molecule has 4 nitrogen and oxygen atoms in total. The second kappa shape index (κ2) is 7.39. The molecule has 4 heteroatoms. The van der Waals surface area contributed by atoms with E-state index in [1.807, 2.05) is 24.3 Å². The molecule has 0 unspecified atom stereocenters. The van der Waals surface area contributed by atoms with E-state index in [1.54, 1.807) is 0 Å². The van der Waals surface area contributed by atoms with Gasteiger partial charge in [0, 0.05) is 23.1 Å². The van der Waals surface area contributed by atoms with Crippen molar-refractivity contribution in [3.05, 3.63) is 53.6 Å². The summed E-state index contributed by atoms with van der Waals surface area (Å²) in [4.78, 5) is 11.8. The van der Waals surface area contributed by atoms with Gasteiger partial charge in [-0.1, -0.05) is 32.0 Å². The lowest BCUT2D eigenvalue weighted by molar-refractivity contribution is 0.251. The standard InChI is InChI=1S/C20H25N3O/c1-3-14-6-5-7-15(4-2)19(14)21-16-8-10-17(11-9-16)22-20(24)23-18-12-13-18/h5-11,18,21H,3-4,12-13H2,1-2H3,(H2,22,23,24). The Kier molecular flexibility index (Phi) is 5.04. The van der Waals surface area contributed by atoms with Gasteiger partial charge >= 0.3 is 6.03 Å². The number of para-hydroxylation sites is 1. The number of nitrogens with one attached hydrogen (secondary N) is 3. The van der Waals surface area contributed by atoms with Crippen molar-refractivity contribution in [2.24, 2.45) is 0 Å². The summed E-state index contributed by atoms with van der Waals surface area (Å²) in [5.41, 5.74) is 5.67. The van der Waals surface area contributed by atoms with Crippen molar-refractivity contribution < 1.29 is 4.79 Å². The van der Waals surface area contributed by atoms with Gasteiger partial charge in [0.1, 0.15) is 0 Å². The Bertz CT molecular complexity index is 683. The molecule has 1 saturated carbocycles. The lowest BCUT2D eigenvalue weighted by atomic mass is 10.0. The van der Waals surface area contributed by atoms with E-state index in [2.05, 4.69) is 48.0 Å². The van der Waals surface area contributed by atoms with Gasteiger partial charge in [0.05, 0.1) is 0 Å². The third-order valence-corrected chi connectivity index (χ3v) is 4.32. The molecule has 0 saturated heterocycles. The smallest absolute Gasteiger partial charge is 0.319 e. The summed E-state index contributed by atoms with van der Waals surface area (Å²) in [6.45, 7) is 4.34. The fourth-order valence-corrected chi connectivity index (χ4v) is 2.76. The monoisotopic (exact) mass is 323 g/mol. The van der Waals surface area contributed by atoms with Crippen molar-refractivity contribution in [2.75, 3.05) is 10.6 Å². The van der Waals surface area contributed by atoms with Gasteiger partial charge in [-0.3, -0.25) is 0 Å². The number of benzene rings is 2. The van der Waals surface area contributed by atoms with Crippen molar-refractivity contribution in [3.8, 4) is 0 Å². The van der Waals surface area contributed by atoms with Crippen LogP contribution < -0.4 is 16.0 Å². The van der Waals surface area contributed by atoms with Gasteiger partial charge in [-0.15, -0.1) is 0 Å². The van der Waals surface area contributed by atoms with E-state index in [1.165, 1.54) is 16.8 Å². The van der Waals surface area contributed by atoms with E-state index in [0.717, 1.165) is 37.1 Å². The zero-order chi connectivity index (χ0) is 16.9. The van der Waals surface area contributed by atoms with E-state index in [0.29, 0.717) is 6.04 Å². The summed E-state index contributed by atoms with van der Waals surface area (Å²) in [7, 11) is 0. The molecule has 24 heavy (non-hydrogen) atoms. The Morgan fingerprint density at radius 2 is 1.54 bits per heavy atom. The van der Waals surface area contributed by atoms with E-state index < -0.39 is 0 Å². The number of hydrogen-bond acceptors (Lipinski definition) is 2. The van der Waals surface area contributed by atoms with Crippen molar-refractivity contribution >= 4 is 23.1 Å². The zero-order valence-electron chi connectivity index (χ0n) is 14.4. The first-order valence-electron chi connectivity index (χ1n) is 8.75. The summed E-state index contributed by atoms with van der Waals surface area (Å²) in [6.07, 6.45) is 4.17. The number of urea groups is 1. The normalized spacial score (nSPS) is 13.4. The number of aryl methyl sites for hydroxylation is 2. The number of carbonyl (C=O) groups excluding carboxylic acids is 1. The Morgan fingerprint density at radius 3 is 2.08 bits per heavy atom. The van der Waals surface area contributed by atoms with Gasteiger partial charge in [-0.05, 0) is 61.1 Å². The fraction of sp³-hybridized carbons (Fsp3) is 0.350. The average Bonchev–Trinajstić information content (AvgIpc) is 3.40. The molecule has 126 valence electrons. The van der Waals surface area contributed by atoms with Gasteiger partial charge in [-0.25, -0.2) is 4.79 Å². The van der Waals surface area contributed by atoms with Gasteiger partial charge in [0.25, 0.3) is 0 Å². The first-order valence-corrected chi connectivity index (χ1v) is 8.75. The highest BCUT2D eigenvalue weighted by Crippen LogP contribution is 2.27. The van der Waals surface area contributed by atoms with Crippen molar-refractivity contribution in [3.63, 3.8) is 0 Å². The molecule has 0 heterocycles. The van der Waals surface area contributed by atoms with E-state index in [-0.39, 0.29) is 6.03 Å². The molecule has 2 amide bonds. The summed E-state index contributed by atoms with van der Waals surface area (Å²) >= 11 is 0. The largest absolute Gasteiger partial charge is 0.355 e. The van der Waals surface area contributed by atoms with Crippen LogP contribution in [0.3, 0.4) is 0 Å². The molecule has 0 aromatic heterocycles. The highest BCUT2D eigenvalue weighted by Gasteiger charge is 2.23. The first kappa shape index (κ1) is 16.4. The van der Waals surface area contributed by atoms with Crippen molar-refractivity contribution in [1.29, 1.82) is 0 Å². The number of anilines is 3. The van der Waals surface area contributed by atoms with Crippen LogP contribution in [-0.4, -0.2) is 12.1 Å². The van der Waals surface area contributed by atoms with E-state index in [9.17, 15) is 4.79 Å².